The summed E-state index contributed by atoms with van der Waals surface area (Å²) < 4.78 is 5.48. The van der Waals surface area contributed by atoms with E-state index in [2.05, 4.69) is 55.6 Å². The Morgan fingerprint density at radius 3 is 1.20 bits per heavy atom. The molecule has 0 saturated heterocycles. The molecule has 3 N–H and O–H groups in total. The Hall–Kier alpha value is -1.92. The highest BCUT2D eigenvalue weighted by molar-refractivity contribution is 5.76. The van der Waals surface area contributed by atoms with Crippen LogP contribution in [0.1, 0.15) is 303 Å². The van der Waals surface area contributed by atoms with Crippen molar-refractivity contribution >= 4 is 11.9 Å². The predicted molar refractivity (Wildman–Crippen MR) is 283 cm³/mol. The van der Waals surface area contributed by atoms with Gasteiger partial charge in [0.1, 0.15) is 0 Å². The number of hydrogen-bond acceptors (Lipinski definition) is 5. The van der Waals surface area contributed by atoms with Crippen LogP contribution in [0, 0.1) is 0 Å². The molecule has 0 aliphatic heterocycles. The molecule has 0 aromatic heterocycles. The van der Waals surface area contributed by atoms with E-state index in [4.69, 9.17) is 4.74 Å². The molecule has 0 saturated carbocycles. The van der Waals surface area contributed by atoms with Crippen molar-refractivity contribution in [2.45, 2.75) is 315 Å². The third kappa shape index (κ3) is 51.3. The molecule has 6 nitrogen and oxygen atoms in total. The lowest BCUT2D eigenvalue weighted by atomic mass is 10.0. The molecule has 0 heterocycles. The third-order valence-electron chi connectivity index (χ3n) is 13.2. The van der Waals surface area contributed by atoms with Gasteiger partial charge in [0.05, 0.1) is 25.4 Å². The van der Waals surface area contributed by atoms with Gasteiger partial charge in [0.25, 0.3) is 0 Å². The van der Waals surface area contributed by atoms with Gasteiger partial charge < -0.3 is 20.3 Å². The van der Waals surface area contributed by atoms with E-state index >= 15 is 0 Å². The molecule has 382 valence electrons. The molecule has 1 amide bonds. The van der Waals surface area contributed by atoms with E-state index in [0.29, 0.717) is 25.9 Å². The van der Waals surface area contributed by atoms with Crippen LogP contribution >= 0.6 is 0 Å². The second kappa shape index (κ2) is 54.7. The second-order valence-corrected chi connectivity index (χ2v) is 19.6. The molecule has 0 rings (SSSR count). The van der Waals surface area contributed by atoms with E-state index in [1.807, 2.05) is 0 Å². The summed E-state index contributed by atoms with van der Waals surface area (Å²) in [5.74, 6) is -0.0471. The number of aliphatic hydroxyl groups excluding tert-OH is 2. The topological polar surface area (TPSA) is 95.9 Å². The Kier molecular flexibility index (Phi) is 53.1. The first-order chi connectivity index (χ1) is 32.0. The first-order valence-electron chi connectivity index (χ1n) is 28.7. The van der Waals surface area contributed by atoms with E-state index in [9.17, 15) is 19.8 Å². The predicted octanol–water partition coefficient (Wildman–Crippen LogP) is 17.6. The normalized spacial score (nSPS) is 12.9. The van der Waals surface area contributed by atoms with Gasteiger partial charge in [-0.1, -0.05) is 243 Å². The average Bonchev–Trinajstić information content (AvgIpc) is 3.31. The maximum Gasteiger partial charge on any atom is 0.305 e. The van der Waals surface area contributed by atoms with Crippen molar-refractivity contribution in [2.24, 2.45) is 0 Å². The van der Waals surface area contributed by atoms with Gasteiger partial charge in [-0.2, -0.15) is 0 Å². The summed E-state index contributed by atoms with van der Waals surface area (Å²) in [6, 6.07) is -0.546. The quantitative estimate of drug-likeness (QED) is 0.0321. The number of rotatable bonds is 53. The lowest BCUT2D eigenvalue weighted by Gasteiger charge is -2.22. The summed E-state index contributed by atoms with van der Waals surface area (Å²) in [7, 11) is 0. The van der Waals surface area contributed by atoms with Crippen molar-refractivity contribution in [3.8, 4) is 0 Å². The molecule has 0 spiro atoms. The van der Waals surface area contributed by atoms with Gasteiger partial charge in [-0.15, -0.1) is 0 Å². The fourth-order valence-corrected chi connectivity index (χ4v) is 8.72. The summed E-state index contributed by atoms with van der Waals surface area (Å²) >= 11 is 0. The minimum Gasteiger partial charge on any atom is -0.466 e. The number of allylic oxidation sites excluding steroid dienone is 6. The van der Waals surface area contributed by atoms with Gasteiger partial charge in [-0.05, 0) is 83.5 Å². The molecule has 0 aromatic rings. The summed E-state index contributed by atoms with van der Waals surface area (Å²) in [6.07, 6.45) is 67.1. The van der Waals surface area contributed by atoms with Gasteiger partial charge in [0.2, 0.25) is 5.91 Å². The van der Waals surface area contributed by atoms with Crippen molar-refractivity contribution in [3.05, 3.63) is 36.5 Å². The number of carbonyl (C=O) groups excluding carboxylic acids is 2. The number of carbonyl (C=O) groups is 2. The molecule has 0 aliphatic rings. The lowest BCUT2D eigenvalue weighted by molar-refractivity contribution is -0.143. The molecule has 6 heteroatoms. The van der Waals surface area contributed by atoms with E-state index < -0.39 is 12.1 Å². The monoisotopic (exact) mass is 914 g/mol. The highest BCUT2D eigenvalue weighted by atomic mass is 16.5. The van der Waals surface area contributed by atoms with Crippen LogP contribution in [0.3, 0.4) is 0 Å². The smallest absolute Gasteiger partial charge is 0.305 e. The van der Waals surface area contributed by atoms with Crippen LogP contribution in [-0.2, 0) is 14.3 Å². The zero-order valence-electron chi connectivity index (χ0n) is 43.5. The molecule has 2 unspecified atom stereocenters. The molecule has 0 radical (unpaired) electrons. The van der Waals surface area contributed by atoms with E-state index in [1.165, 1.54) is 218 Å². The fraction of sp³-hybridized carbons (Fsp3) is 0.864. The lowest BCUT2D eigenvalue weighted by Crippen LogP contribution is -2.45. The Bertz CT molecular complexity index is 1060. The average molecular weight is 915 g/mol. The Balaban J connectivity index is 3.41. The van der Waals surface area contributed by atoms with Crippen molar-refractivity contribution < 1.29 is 24.5 Å². The number of hydrogen-bond donors (Lipinski definition) is 3. The Morgan fingerprint density at radius 2 is 0.769 bits per heavy atom. The first kappa shape index (κ1) is 63.1. The van der Waals surface area contributed by atoms with Crippen LogP contribution in [0.4, 0.5) is 0 Å². The van der Waals surface area contributed by atoms with E-state index in [1.54, 1.807) is 0 Å². The highest BCUT2D eigenvalue weighted by Crippen LogP contribution is 2.16. The maximum atomic E-state index is 12.4. The van der Waals surface area contributed by atoms with Crippen LogP contribution in [-0.4, -0.2) is 47.4 Å². The third-order valence-corrected chi connectivity index (χ3v) is 13.2. The molecular formula is C59H111NO5. The van der Waals surface area contributed by atoms with Crippen molar-refractivity contribution in [2.75, 3.05) is 13.2 Å². The van der Waals surface area contributed by atoms with Crippen molar-refractivity contribution in [3.63, 3.8) is 0 Å². The summed E-state index contributed by atoms with van der Waals surface area (Å²) in [5, 5.41) is 23.1. The zero-order valence-corrected chi connectivity index (χ0v) is 43.5. The number of ether oxygens (including phenoxy) is 1. The standard InChI is InChI=1S/C59H111NO5/c1-3-5-7-9-11-13-15-16-17-18-24-27-30-33-37-41-45-49-53-59(64)65-54-50-46-42-38-34-31-28-25-22-20-19-21-23-26-29-32-36-40-44-48-52-58(63)60-56(55-61)57(62)51-47-43-39-35-14-12-10-8-6-4-2/h13,15,17-19,21,56-57,61-62H,3-12,14,16,20,22-55H2,1-2H3,(H,60,63)/b15-13-,18-17-,21-19-. The fourth-order valence-electron chi connectivity index (χ4n) is 8.72. The Morgan fingerprint density at radius 1 is 0.431 bits per heavy atom. The number of nitrogens with one attached hydrogen (secondary N) is 1. The molecule has 2 atom stereocenters. The second-order valence-electron chi connectivity index (χ2n) is 19.6. The number of esters is 1. The molecular weight excluding hydrogens is 803 g/mol. The SMILES string of the molecule is CCCCCC/C=C\C/C=C\CCCCCCCCCC(=O)OCCCCCCCCCCC/C=C\CCCCCCCCCC(=O)NC(CO)C(O)CCCCCCCCCCCC. The van der Waals surface area contributed by atoms with Gasteiger partial charge in [-0.25, -0.2) is 0 Å². The van der Waals surface area contributed by atoms with Crippen LogP contribution in [0.5, 0.6) is 0 Å². The van der Waals surface area contributed by atoms with Gasteiger partial charge >= 0.3 is 5.97 Å². The summed E-state index contributed by atoms with van der Waals surface area (Å²) in [6.45, 7) is 4.91. The van der Waals surface area contributed by atoms with Crippen LogP contribution in [0.25, 0.3) is 0 Å². The molecule has 0 fully saturated rings. The minimum atomic E-state index is -0.668. The Labute approximate surface area is 404 Å². The van der Waals surface area contributed by atoms with Gasteiger partial charge in [0.15, 0.2) is 0 Å². The maximum absolute atomic E-state index is 12.4. The molecule has 0 aromatic carbocycles. The highest BCUT2D eigenvalue weighted by Gasteiger charge is 2.20. The van der Waals surface area contributed by atoms with Crippen LogP contribution < -0.4 is 5.32 Å². The van der Waals surface area contributed by atoms with Gasteiger partial charge in [0, 0.05) is 12.8 Å². The number of aliphatic hydroxyl groups is 2. The van der Waals surface area contributed by atoms with Crippen molar-refractivity contribution in [1.82, 2.24) is 5.32 Å². The van der Waals surface area contributed by atoms with Gasteiger partial charge in [-0.3, -0.25) is 9.59 Å². The number of unbranched alkanes of at least 4 members (excludes halogenated alkanes) is 36. The zero-order chi connectivity index (χ0) is 47.2. The van der Waals surface area contributed by atoms with Crippen LogP contribution in [0.15, 0.2) is 36.5 Å². The summed E-state index contributed by atoms with van der Waals surface area (Å²) in [4.78, 5) is 24.5. The molecule has 0 bridgehead atoms. The summed E-state index contributed by atoms with van der Waals surface area (Å²) in [5.41, 5.74) is 0. The van der Waals surface area contributed by atoms with E-state index in [-0.39, 0.29) is 18.5 Å². The largest absolute Gasteiger partial charge is 0.466 e. The van der Waals surface area contributed by atoms with Crippen molar-refractivity contribution in [1.29, 1.82) is 0 Å². The first-order valence-corrected chi connectivity index (χ1v) is 28.7. The van der Waals surface area contributed by atoms with Crippen LogP contribution in [0.2, 0.25) is 0 Å². The van der Waals surface area contributed by atoms with E-state index in [0.717, 1.165) is 51.4 Å². The number of amides is 1. The molecule has 0 aliphatic carbocycles. The minimum absolute atomic E-state index is 0.00144. The molecule has 65 heavy (non-hydrogen) atoms.